The van der Waals surface area contributed by atoms with Crippen molar-refractivity contribution in [3.8, 4) is 0 Å². The van der Waals surface area contributed by atoms with Gasteiger partial charge >= 0.3 is 0 Å². The van der Waals surface area contributed by atoms with Gasteiger partial charge in [0.25, 0.3) is 0 Å². The van der Waals surface area contributed by atoms with Gasteiger partial charge in [0.05, 0.1) is 21.4 Å². The van der Waals surface area contributed by atoms with Gasteiger partial charge in [-0.1, -0.05) is 19.1 Å². The lowest BCUT2D eigenvalue weighted by Gasteiger charge is -2.03. The Hall–Kier alpha value is -2.21. The third kappa shape index (κ3) is 3.11. The van der Waals surface area contributed by atoms with Gasteiger partial charge in [0.1, 0.15) is 5.82 Å². The van der Waals surface area contributed by atoms with Crippen LogP contribution in [0, 0.1) is 0 Å². The van der Waals surface area contributed by atoms with Crippen LogP contribution in [0.1, 0.15) is 23.9 Å². The second-order valence-electron chi connectivity index (χ2n) is 4.75. The van der Waals surface area contributed by atoms with Crippen LogP contribution in [0.15, 0.2) is 30.5 Å². The molecule has 6 heteroatoms. The van der Waals surface area contributed by atoms with Crippen LogP contribution in [-0.2, 0) is 17.6 Å². The standard InChI is InChI=1S/C15H16N4OS/c1-2-10-9-16-19-15(10)18-13(20)7-8-14-17-11-5-3-4-6-12(11)21-14/h3-6,9H,2,7-8H2,1H3,(H2,16,18,19,20). The Morgan fingerprint density at radius 3 is 3.05 bits per heavy atom. The zero-order valence-corrected chi connectivity index (χ0v) is 12.5. The number of aromatic amines is 1. The molecule has 108 valence electrons. The highest BCUT2D eigenvalue weighted by atomic mass is 32.1. The largest absolute Gasteiger partial charge is 0.311 e. The summed E-state index contributed by atoms with van der Waals surface area (Å²) in [5.74, 6) is 0.681. The number of aromatic nitrogens is 3. The summed E-state index contributed by atoms with van der Waals surface area (Å²) in [5, 5.41) is 10.6. The molecule has 0 spiro atoms. The number of hydrogen-bond acceptors (Lipinski definition) is 4. The minimum Gasteiger partial charge on any atom is -0.311 e. The van der Waals surface area contributed by atoms with E-state index in [4.69, 9.17) is 0 Å². The fourth-order valence-electron chi connectivity index (χ4n) is 2.14. The maximum atomic E-state index is 12.0. The molecule has 0 aliphatic carbocycles. The summed E-state index contributed by atoms with van der Waals surface area (Å²) in [7, 11) is 0. The van der Waals surface area contributed by atoms with E-state index >= 15 is 0 Å². The number of benzene rings is 1. The van der Waals surface area contributed by atoms with Gasteiger partial charge in [-0.2, -0.15) is 5.10 Å². The fourth-order valence-corrected chi connectivity index (χ4v) is 3.10. The van der Waals surface area contributed by atoms with Crippen LogP contribution in [0.4, 0.5) is 5.82 Å². The molecule has 2 heterocycles. The molecule has 3 rings (SSSR count). The number of anilines is 1. The molecular weight excluding hydrogens is 284 g/mol. The van der Waals surface area contributed by atoms with Crippen molar-refractivity contribution < 1.29 is 4.79 Å². The number of nitrogens with zero attached hydrogens (tertiary/aromatic N) is 2. The minimum absolute atomic E-state index is 0.0202. The molecule has 0 saturated heterocycles. The van der Waals surface area contributed by atoms with E-state index in [-0.39, 0.29) is 5.91 Å². The van der Waals surface area contributed by atoms with E-state index in [9.17, 15) is 4.79 Å². The molecule has 0 unspecified atom stereocenters. The Morgan fingerprint density at radius 1 is 1.38 bits per heavy atom. The van der Waals surface area contributed by atoms with Gasteiger partial charge < -0.3 is 5.32 Å². The highest BCUT2D eigenvalue weighted by Crippen LogP contribution is 2.22. The van der Waals surface area contributed by atoms with Gasteiger partial charge in [0, 0.05) is 18.4 Å². The number of para-hydroxylation sites is 1. The Morgan fingerprint density at radius 2 is 2.24 bits per heavy atom. The lowest BCUT2D eigenvalue weighted by Crippen LogP contribution is -2.13. The predicted molar refractivity (Wildman–Crippen MR) is 84.5 cm³/mol. The number of hydrogen-bond donors (Lipinski definition) is 2. The number of fused-ring (bicyclic) bond motifs is 1. The van der Waals surface area contributed by atoms with Gasteiger partial charge in [-0.3, -0.25) is 9.89 Å². The van der Waals surface area contributed by atoms with Crippen molar-refractivity contribution in [1.29, 1.82) is 0 Å². The molecule has 0 saturated carbocycles. The molecule has 2 aromatic heterocycles. The summed E-state index contributed by atoms with van der Waals surface area (Å²) in [4.78, 5) is 16.5. The molecule has 0 fully saturated rings. The summed E-state index contributed by atoms with van der Waals surface area (Å²) in [5.41, 5.74) is 2.02. The Labute approximate surface area is 126 Å². The smallest absolute Gasteiger partial charge is 0.225 e. The van der Waals surface area contributed by atoms with Crippen molar-refractivity contribution in [1.82, 2.24) is 15.2 Å². The predicted octanol–water partition coefficient (Wildman–Crippen LogP) is 3.15. The second-order valence-corrected chi connectivity index (χ2v) is 5.86. The molecule has 0 aliphatic heterocycles. The number of nitrogens with one attached hydrogen (secondary N) is 2. The highest BCUT2D eigenvalue weighted by Gasteiger charge is 2.10. The topological polar surface area (TPSA) is 70.7 Å². The number of aryl methyl sites for hydroxylation is 2. The van der Waals surface area contributed by atoms with E-state index in [0.29, 0.717) is 18.7 Å². The molecule has 1 amide bonds. The van der Waals surface area contributed by atoms with Crippen molar-refractivity contribution in [2.24, 2.45) is 0 Å². The Bertz CT molecular complexity index is 729. The summed E-state index contributed by atoms with van der Waals surface area (Å²) in [6.45, 7) is 2.03. The average molecular weight is 300 g/mol. The SMILES string of the molecule is CCc1cn[nH]c1NC(=O)CCc1nc2ccccc2s1. The van der Waals surface area contributed by atoms with E-state index in [1.807, 2.05) is 25.1 Å². The first kappa shape index (κ1) is 13.8. The van der Waals surface area contributed by atoms with E-state index in [2.05, 4.69) is 26.6 Å². The first-order chi connectivity index (χ1) is 10.3. The quantitative estimate of drug-likeness (QED) is 0.760. The number of thiazole rings is 1. The summed E-state index contributed by atoms with van der Waals surface area (Å²) in [6, 6.07) is 8.02. The normalized spacial score (nSPS) is 10.9. The van der Waals surface area contributed by atoms with Crippen molar-refractivity contribution in [2.75, 3.05) is 5.32 Å². The molecule has 0 atom stereocenters. The lowest BCUT2D eigenvalue weighted by molar-refractivity contribution is -0.116. The van der Waals surface area contributed by atoms with Crippen LogP contribution in [0.25, 0.3) is 10.2 Å². The van der Waals surface area contributed by atoms with Crippen LogP contribution >= 0.6 is 11.3 Å². The summed E-state index contributed by atoms with van der Waals surface area (Å²) >= 11 is 1.64. The number of carbonyl (C=O) groups excluding carboxylic acids is 1. The third-order valence-electron chi connectivity index (χ3n) is 3.27. The van der Waals surface area contributed by atoms with Crippen molar-refractivity contribution in [2.45, 2.75) is 26.2 Å². The van der Waals surface area contributed by atoms with E-state index in [1.165, 1.54) is 0 Å². The molecule has 0 bridgehead atoms. The monoisotopic (exact) mass is 300 g/mol. The summed E-state index contributed by atoms with van der Waals surface area (Å²) in [6.07, 6.45) is 3.65. The molecule has 21 heavy (non-hydrogen) atoms. The van der Waals surface area contributed by atoms with Crippen molar-refractivity contribution in [3.63, 3.8) is 0 Å². The van der Waals surface area contributed by atoms with Gasteiger partial charge in [0.2, 0.25) is 5.91 Å². The maximum absolute atomic E-state index is 12.0. The molecular formula is C15H16N4OS. The van der Waals surface area contributed by atoms with Gasteiger partial charge in [-0.25, -0.2) is 4.98 Å². The number of amides is 1. The molecule has 3 aromatic rings. The van der Waals surface area contributed by atoms with E-state index in [0.717, 1.165) is 27.2 Å². The van der Waals surface area contributed by atoms with E-state index in [1.54, 1.807) is 17.5 Å². The van der Waals surface area contributed by atoms with Crippen LogP contribution in [-0.4, -0.2) is 21.1 Å². The second kappa shape index (κ2) is 6.05. The van der Waals surface area contributed by atoms with Crippen molar-refractivity contribution in [3.05, 3.63) is 41.0 Å². The lowest BCUT2D eigenvalue weighted by atomic mass is 10.2. The van der Waals surface area contributed by atoms with Crippen LogP contribution < -0.4 is 5.32 Å². The van der Waals surface area contributed by atoms with Crippen LogP contribution in [0.3, 0.4) is 0 Å². The highest BCUT2D eigenvalue weighted by molar-refractivity contribution is 7.18. The maximum Gasteiger partial charge on any atom is 0.225 e. The molecule has 1 aromatic carbocycles. The number of H-pyrrole nitrogens is 1. The zero-order valence-electron chi connectivity index (χ0n) is 11.7. The van der Waals surface area contributed by atoms with Gasteiger partial charge in [-0.15, -0.1) is 11.3 Å². The molecule has 0 radical (unpaired) electrons. The number of rotatable bonds is 5. The average Bonchev–Trinajstić information content (AvgIpc) is 3.10. The molecule has 2 N–H and O–H groups in total. The first-order valence-corrected chi connectivity index (χ1v) is 7.74. The first-order valence-electron chi connectivity index (χ1n) is 6.93. The minimum atomic E-state index is -0.0202. The van der Waals surface area contributed by atoms with Crippen LogP contribution in [0.5, 0.6) is 0 Å². The van der Waals surface area contributed by atoms with Gasteiger partial charge in [0.15, 0.2) is 0 Å². The van der Waals surface area contributed by atoms with Gasteiger partial charge in [-0.05, 0) is 18.6 Å². The van der Waals surface area contributed by atoms with Crippen LogP contribution in [0.2, 0.25) is 0 Å². The fraction of sp³-hybridized carbons (Fsp3) is 0.267. The molecule has 5 nitrogen and oxygen atoms in total. The number of carbonyl (C=O) groups is 1. The van der Waals surface area contributed by atoms with Crippen molar-refractivity contribution >= 4 is 33.3 Å². The Kier molecular flexibility index (Phi) is 3.96. The third-order valence-corrected chi connectivity index (χ3v) is 4.36. The zero-order chi connectivity index (χ0) is 14.7. The molecule has 0 aliphatic rings. The summed E-state index contributed by atoms with van der Waals surface area (Å²) < 4.78 is 1.16. The van der Waals surface area contributed by atoms with E-state index < -0.39 is 0 Å². The Balaban J connectivity index is 1.60.